The van der Waals surface area contributed by atoms with Gasteiger partial charge in [-0.3, -0.25) is 14.5 Å². The lowest BCUT2D eigenvalue weighted by Gasteiger charge is -2.25. The molecule has 2 aromatic carbocycles. The molecule has 0 bridgehead atoms. The summed E-state index contributed by atoms with van der Waals surface area (Å²) in [5.74, 6) is -0.232. The highest BCUT2D eigenvalue weighted by molar-refractivity contribution is 8.00. The van der Waals surface area contributed by atoms with Crippen LogP contribution in [0.15, 0.2) is 42.5 Å². The van der Waals surface area contributed by atoms with E-state index >= 15 is 0 Å². The summed E-state index contributed by atoms with van der Waals surface area (Å²) >= 11 is 1.47. The Kier molecular flexibility index (Phi) is 7.31. The molecule has 0 spiro atoms. The van der Waals surface area contributed by atoms with Gasteiger partial charge < -0.3 is 5.32 Å². The Morgan fingerprint density at radius 2 is 2.03 bits per heavy atom. The Balaban J connectivity index is 1.76. The third kappa shape index (κ3) is 5.38. The zero-order chi connectivity index (χ0) is 20.8. The minimum atomic E-state index is -0.409. The fraction of sp³-hybridized carbons (Fsp3) is 0.391. The number of unbranched alkanes of at least 4 members (excludes halogenated alkanes) is 3. The molecule has 1 heterocycles. The van der Waals surface area contributed by atoms with Crippen LogP contribution in [0.4, 0.5) is 15.8 Å². The second-order valence-corrected chi connectivity index (χ2v) is 8.43. The molecule has 1 N–H and O–H groups in total. The summed E-state index contributed by atoms with van der Waals surface area (Å²) in [5.41, 5.74) is 2.77. The Labute approximate surface area is 175 Å². The smallest absolute Gasteiger partial charge is 0.238 e. The first-order valence-electron chi connectivity index (χ1n) is 10.1. The fourth-order valence-electron chi connectivity index (χ4n) is 3.44. The van der Waals surface area contributed by atoms with Crippen LogP contribution >= 0.6 is 11.8 Å². The van der Waals surface area contributed by atoms with E-state index in [0.717, 1.165) is 36.8 Å². The number of thioether (sulfide) groups is 1. The lowest BCUT2D eigenvalue weighted by molar-refractivity contribution is -0.117. The maximum Gasteiger partial charge on any atom is 0.238 e. The van der Waals surface area contributed by atoms with Crippen molar-refractivity contribution >= 4 is 35.0 Å². The van der Waals surface area contributed by atoms with Gasteiger partial charge in [0, 0.05) is 12.1 Å². The van der Waals surface area contributed by atoms with Gasteiger partial charge in [0.1, 0.15) is 11.2 Å². The first kappa shape index (κ1) is 21.4. The Hall–Kier alpha value is -2.34. The fourth-order valence-corrected chi connectivity index (χ4v) is 4.60. The third-order valence-electron chi connectivity index (χ3n) is 4.94. The molecule has 2 amide bonds. The zero-order valence-corrected chi connectivity index (χ0v) is 17.7. The van der Waals surface area contributed by atoms with Crippen LogP contribution in [0, 0.1) is 12.7 Å². The highest BCUT2D eigenvalue weighted by Crippen LogP contribution is 2.43. The number of aryl methyl sites for hydroxylation is 1. The molecule has 154 valence electrons. The Morgan fingerprint density at radius 1 is 1.21 bits per heavy atom. The molecular weight excluding hydrogens is 387 g/mol. The van der Waals surface area contributed by atoms with Crippen molar-refractivity contribution < 1.29 is 14.0 Å². The van der Waals surface area contributed by atoms with Crippen LogP contribution in [0.3, 0.4) is 0 Å². The highest BCUT2D eigenvalue weighted by Gasteiger charge is 2.35. The quantitative estimate of drug-likeness (QED) is 0.554. The van der Waals surface area contributed by atoms with Gasteiger partial charge in [-0.2, -0.15) is 0 Å². The van der Waals surface area contributed by atoms with Gasteiger partial charge in [0.15, 0.2) is 0 Å². The average Bonchev–Trinajstić information content (AvgIpc) is 3.08. The molecule has 1 atom stereocenters. The highest BCUT2D eigenvalue weighted by atomic mass is 32.2. The molecule has 29 heavy (non-hydrogen) atoms. The zero-order valence-electron chi connectivity index (χ0n) is 16.9. The van der Waals surface area contributed by atoms with Gasteiger partial charge in [0.25, 0.3) is 0 Å². The molecule has 1 saturated heterocycles. The van der Waals surface area contributed by atoms with E-state index in [4.69, 9.17) is 0 Å². The van der Waals surface area contributed by atoms with E-state index in [9.17, 15) is 14.0 Å². The van der Waals surface area contributed by atoms with Gasteiger partial charge in [-0.1, -0.05) is 44.4 Å². The number of benzene rings is 2. The lowest BCUT2D eigenvalue weighted by Crippen LogP contribution is -2.28. The molecule has 0 aliphatic carbocycles. The van der Waals surface area contributed by atoms with Crippen LogP contribution in [-0.4, -0.2) is 17.6 Å². The molecule has 0 unspecified atom stereocenters. The maximum absolute atomic E-state index is 14.4. The van der Waals surface area contributed by atoms with E-state index in [1.165, 1.54) is 22.7 Å². The average molecular weight is 415 g/mol. The summed E-state index contributed by atoms with van der Waals surface area (Å²) in [4.78, 5) is 26.2. The number of nitrogens with zero attached hydrogens (tertiary/aromatic N) is 1. The maximum atomic E-state index is 14.4. The number of amides is 2. The standard InChI is InChI=1S/C23H27FN2O2S/c1-3-4-5-6-10-21(27)25-18-9-7-8-17(14-18)23-26(22(28)15-29-23)20-13-16(2)11-12-19(20)24/h7-9,11-14,23H,3-6,10,15H2,1-2H3,(H,25,27)/t23-/m1/s1. The second-order valence-electron chi connectivity index (χ2n) is 7.37. The molecule has 3 rings (SSSR count). The molecule has 0 saturated carbocycles. The van der Waals surface area contributed by atoms with Crippen molar-refractivity contribution in [1.29, 1.82) is 0 Å². The van der Waals surface area contributed by atoms with Crippen molar-refractivity contribution in [2.45, 2.75) is 51.3 Å². The molecule has 1 aliphatic heterocycles. The van der Waals surface area contributed by atoms with Crippen LogP contribution in [0.25, 0.3) is 0 Å². The topological polar surface area (TPSA) is 49.4 Å². The summed E-state index contributed by atoms with van der Waals surface area (Å²) in [6.45, 7) is 4.02. The summed E-state index contributed by atoms with van der Waals surface area (Å²) in [5, 5.41) is 2.62. The van der Waals surface area contributed by atoms with E-state index in [0.29, 0.717) is 23.5 Å². The molecule has 2 aromatic rings. The molecule has 0 radical (unpaired) electrons. The van der Waals surface area contributed by atoms with Crippen molar-refractivity contribution in [2.75, 3.05) is 16.0 Å². The van der Waals surface area contributed by atoms with Gasteiger partial charge in [-0.25, -0.2) is 4.39 Å². The monoisotopic (exact) mass is 414 g/mol. The number of carbonyl (C=O) groups is 2. The van der Waals surface area contributed by atoms with Gasteiger partial charge in [0.2, 0.25) is 11.8 Å². The van der Waals surface area contributed by atoms with E-state index in [1.54, 1.807) is 12.1 Å². The van der Waals surface area contributed by atoms with Crippen LogP contribution < -0.4 is 10.2 Å². The van der Waals surface area contributed by atoms with Gasteiger partial charge in [-0.15, -0.1) is 11.8 Å². The van der Waals surface area contributed by atoms with Crippen molar-refractivity contribution in [3.05, 3.63) is 59.4 Å². The number of halogens is 1. The number of anilines is 2. The number of rotatable bonds is 8. The molecule has 6 heteroatoms. The van der Waals surface area contributed by atoms with E-state index in [-0.39, 0.29) is 17.2 Å². The summed E-state index contributed by atoms with van der Waals surface area (Å²) in [6.07, 6.45) is 4.72. The largest absolute Gasteiger partial charge is 0.326 e. The van der Waals surface area contributed by atoms with Crippen LogP contribution in [0.1, 0.15) is 55.5 Å². The van der Waals surface area contributed by atoms with Crippen molar-refractivity contribution in [2.24, 2.45) is 0 Å². The summed E-state index contributed by atoms with van der Waals surface area (Å²) in [7, 11) is 0. The van der Waals surface area contributed by atoms with Crippen molar-refractivity contribution in [1.82, 2.24) is 0 Å². The molecular formula is C23H27FN2O2S. The third-order valence-corrected chi connectivity index (χ3v) is 6.15. The first-order chi connectivity index (χ1) is 14.0. The first-order valence-corrected chi connectivity index (χ1v) is 11.1. The number of hydrogen-bond acceptors (Lipinski definition) is 3. The van der Waals surface area contributed by atoms with E-state index < -0.39 is 5.82 Å². The predicted molar refractivity (Wildman–Crippen MR) is 118 cm³/mol. The van der Waals surface area contributed by atoms with Gasteiger partial charge in [0.05, 0.1) is 11.4 Å². The van der Waals surface area contributed by atoms with Crippen molar-refractivity contribution in [3.63, 3.8) is 0 Å². The molecule has 0 aromatic heterocycles. The van der Waals surface area contributed by atoms with E-state index in [1.807, 2.05) is 31.2 Å². The molecule has 1 aliphatic rings. The molecule has 4 nitrogen and oxygen atoms in total. The number of nitrogens with one attached hydrogen (secondary N) is 1. The summed E-state index contributed by atoms with van der Waals surface area (Å²) < 4.78 is 14.4. The van der Waals surface area contributed by atoms with Crippen LogP contribution in [-0.2, 0) is 9.59 Å². The van der Waals surface area contributed by atoms with Crippen LogP contribution in [0.5, 0.6) is 0 Å². The van der Waals surface area contributed by atoms with Crippen LogP contribution in [0.2, 0.25) is 0 Å². The Morgan fingerprint density at radius 3 is 2.83 bits per heavy atom. The minimum Gasteiger partial charge on any atom is -0.326 e. The van der Waals surface area contributed by atoms with Crippen molar-refractivity contribution in [3.8, 4) is 0 Å². The lowest BCUT2D eigenvalue weighted by atomic mass is 10.1. The normalized spacial score (nSPS) is 16.3. The SMILES string of the molecule is CCCCCCC(=O)Nc1cccc([C@H]2SCC(=O)N2c2cc(C)ccc2F)c1. The minimum absolute atomic E-state index is 0.00464. The number of hydrogen-bond donors (Lipinski definition) is 1. The predicted octanol–water partition coefficient (Wildman–Crippen LogP) is 5.82. The number of carbonyl (C=O) groups excluding carboxylic acids is 2. The van der Waals surface area contributed by atoms with E-state index in [2.05, 4.69) is 12.2 Å². The summed E-state index contributed by atoms with van der Waals surface area (Å²) in [6, 6.07) is 12.3. The van der Waals surface area contributed by atoms with Gasteiger partial charge in [-0.05, 0) is 48.7 Å². The second kappa shape index (κ2) is 9.92. The molecule has 1 fully saturated rings. The Bertz CT molecular complexity index is 887. The van der Waals surface area contributed by atoms with Gasteiger partial charge >= 0.3 is 0 Å².